The number of carboxylic acid groups (broad SMARTS) is 1. The molecule has 1 atom stereocenters. The molecule has 96 valence electrons. The highest BCUT2D eigenvalue weighted by atomic mass is 32.1. The number of carbonyl (C=O) groups is 1. The average molecular weight is 281 g/mol. The number of hydrogen-bond acceptors (Lipinski definition) is 4. The molecule has 5 heteroatoms. The zero-order valence-corrected chi connectivity index (χ0v) is 12.0. The van der Waals surface area contributed by atoms with Crippen LogP contribution in [0.3, 0.4) is 0 Å². The highest BCUT2D eigenvalue weighted by molar-refractivity contribution is 7.16. The molecule has 1 unspecified atom stereocenters. The molecule has 0 aliphatic rings. The van der Waals surface area contributed by atoms with Crippen LogP contribution in [0.4, 0.5) is 0 Å². The molecule has 1 N–H and O–H groups in total. The summed E-state index contributed by atoms with van der Waals surface area (Å²) >= 11 is 3.19. The van der Waals surface area contributed by atoms with E-state index in [9.17, 15) is 4.79 Å². The lowest BCUT2D eigenvalue weighted by atomic mass is 10.1. The molecular weight excluding hydrogens is 266 g/mol. The topological polar surface area (TPSA) is 50.2 Å². The number of nitrogens with zero attached hydrogens (tertiary/aromatic N) is 1. The van der Waals surface area contributed by atoms with Crippen LogP contribution in [0.1, 0.15) is 36.1 Å². The van der Waals surface area contributed by atoms with Crippen molar-refractivity contribution in [1.82, 2.24) is 4.98 Å². The molecule has 0 amide bonds. The van der Waals surface area contributed by atoms with Gasteiger partial charge >= 0.3 is 5.97 Å². The van der Waals surface area contributed by atoms with Crippen LogP contribution in [-0.2, 0) is 11.2 Å². The Kier molecular flexibility index (Phi) is 4.14. The van der Waals surface area contributed by atoms with E-state index in [0.29, 0.717) is 5.92 Å². The number of aromatic nitrogens is 1. The standard InChI is InChI=1S/C13H15NO2S2/c1-3-8(2)13-14-10(7-17-13)11-5-4-9(18-11)6-12(15)16/h4-5,7-8H,3,6H2,1-2H3,(H,15,16). The fraction of sp³-hybridized carbons (Fsp3) is 0.385. The molecule has 0 aliphatic carbocycles. The molecule has 2 aromatic heterocycles. The summed E-state index contributed by atoms with van der Waals surface area (Å²) in [7, 11) is 0. The third-order valence-corrected chi connectivity index (χ3v) is 4.98. The minimum absolute atomic E-state index is 0.0903. The van der Waals surface area contributed by atoms with Gasteiger partial charge in [-0.15, -0.1) is 22.7 Å². The van der Waals surface area contributed by atoms with E-state index in [1.165, 1.54) is 11.3 Å². The molecule has 0 saturated heterocycles. The van der Waals surface area contributed by atoms with Crippen molar-refractivity contribution < 1.29 is 9.90 Å². The summed E-state index contributed by atoms with van der Waals surface area (Å²) in [6, 6.07) is 3.83. The van der Waals surface area contributed by atoms with Crippen molar-refractivity contribution in [2.45, 2.75) is 32.6 Å². The Morgan fingerprint density at radius 3 is 2.94 bits per heavy atom. The molecule has 2 aromatic rings. The van der Waals surface area contributed by atoms with E-state index < -0.39 is 5.97 Å². The van der Waals surface area contributed by atoms with Crippen LogP contribution < -0.4 is 0 Å². The Hall–Kier alpha value is -1.20. The molecule has 18 heavy (non-hydrogen) atoms. The van der Waals surface area contributed by atoms with Gasteiger partial charge in [0.2, 0.25) is 0 Å². The van der Waals surface area contributed by atoms with Crippen LogP contribution in [0.15, 0.2) is 17.5 Å². The second-order valence-electron chi connectivity index (χ2n) is 4.22. The van der Waals surface area contributed by atoms with Crippen LogP contribution in [0.5, 0.6) is 0 Å². The zero-order chi connectivity index (χ0) is 13.1. The first-order valence-electron chi connectivity index (χ1n) is 5.86. The number of thiophene rings is 1. The molecule has 0 saturated carbocycles. The van der Waals surface area contributed by atoms with Gasteiger partial charge in [-0.25, -0.2) is 4.98 Å². The predicted molar refractivity (Wildman–Crippen MR) is 75.5 cm³/mol. The SMILES string of the molecule is CCC(C)c1nc(-c2ccc(CC(=O)O)s2)cs1. The average Bonchev–Trinajstić information content (AvgIpc) is 2.95. The van der Waals surface area contributed by atoms with Gasteiger partial charge in [-0.2, -0.15) is 0 Å². The van der Waals surface area contributed by atoms with Gasteiger partial charge in [0.25, 0.3) is 0 Å². The number of rotatable bonds is 5. The molecule has 0 fully saturated rings. The van der Waals surface area contributed by atoms with Gasteiger partial charge < -0.3 is 5.11 Å². The largest absolute Gasteiger partial charge is 0.481 e. The minimum atomic E-state index is -0.790. The number of carboxylic acids is 1. The molecule has 0 radical (unpaired) electrons. The molecule has 0 spiro atoms. The first kappa shape index (κ1) is 13.2. The molecule has 2 rings (SSSR count). The second-order valence-corrected chi connectivity index (χ2v) is 6.27. The van der Waals surface area contributed by atoms with Gasteiger partial charge in [-0.05, 0) is 18.6 Å². The van der Waals surface area contributed by atoms with E-state index in [4.69, 9.17) is 5.11 Å². The second kappa shape index (κ2) is 5.63. The van der Waals surface area contributed by atoms with Gasteiger partial charge in [0.05, 0.1) is 22.0 Å². The Labute approximate surface area is 114 Å². The van der Waals surface area contributed by atoms with Gasteiger partial charge in [0, 0.05) is 16.2 Å². The van der Waals surface area contributed by atoms with E-state index in [0.717, 1.165) is 26.9 Å². The first-order chi connectivity index (χ1) is 8.60. The highest BCUT2D eigenvalue weighted by Gasteiger charge is 2.12. The van der Waals surface area contributed by atoms with Crippen molar-refractivity contribution in [2.75, 3.05) is 0 Å². The van der Waals surface area contributed by atoms with Gasteiger partial charge in [-0.3, -0.25) is 4.79 Å². The Morgan fingerprint density at radius 2 is 2.28 bits per heavy atom. The highest BCUT2D eigenvalue weighted by Crippen LogP contribution is 2.32. The summed E-state index contributed by atoms with van der Waals surface area (Å²) in [5.74, 6) is -0.302. The summed E-state index contributed by atoms with van der Waals surface area (Å²) in [6.45, 7) is 4.33. The normalized spacial score (nSPS) is 12.6. The quantitative estimate of drug-likeness (QED) is 0.900. The van der Waals surface area contributed by atoms with Crippen molar-refractivity contribution in [3.8, 4) is 10.6 Å². The third kappa shape index (κ3) is 2.97. The van der Waals surface area contributed by atoms with Crippen LogP contribution in [0.2, 0.25) is 0 Å². The van der Waals surface area contributed by atoms with Crippen LogP contribution >= 0.6 is 22.7 Å². The van der Waals surface area contributed by atoms with E-state index >= 15 is 0 Å². The van der Waals surface area contributed by atoms with Crippen molar-refractivity contribution >= 4 is 28.6 Å². The van der Waals surface area contributed by atoms with E-state index in [-0.39, 0.29) is 6.42 Å². The lowest BCUT2D eigenvalue weighted by Gasteiger charge is -2.01. The Balaban J connectivity index is 2.18. The number of thiazole rings is 1. The van der Waals surface area contributed by atoms with Gasteiger partial charge in [0.1, 0.15) is 0 Å². The maximum Gasteiger partial charge on any atom is 0.308 e. The van der Waals surface area contributed by atoms with Crippen molar-refractivity contribution in [2.24, 2.45) is 0 Å². The van der Waals surface area contributed by atoms with Gasteiger partial charge in [-0.1, -0.05) is 13.8 Å². The molecule has 2 heterocycles. The first-order valence-corrected chi connectivity index (χ1v) is 7.56. The summed E-state index contributed by atoms with van der Waals surface area (Å²) in [5.41, 5.74) is 0.969. The fourth-order valence-electron chi connectivity index (χ4n) is 1.56. The Morgan fingerprint density at radius 1 is 1.50 bits per heavy atom. The minimum Gasteiger partial charge on any atom is -0.481 e. The van der Waals surface area contributed by atoms with E-state index in [1.807, 2.05) is 12.1 Å². The van der Waals surface area contributed by atoms with Crippen molar-refractivity contribution in [3.63, 3.8) is 0 Å². The zero-order valence-electron chi connectivity index (χ0n) is 10.3. The van der Waals surface area contributed by atoms with Crippen molar-refractivity contribution in [1.29, 1.82) is 0 Å². The smallest absolute Gasteiger partial charge is 0.308 e. The predicted octanol–water partition coefficient (Wildman–Crippen LogP) is 4.01. The van der Waals surface area contributed by atoms with Crippen LogP contribution in [0.25, 0.3) is 10.6 Å². The molecule has 0 aliphatic heterocycles. The lowest BCUT2D eigenvalue weighted by molar-refractivity contribution is -0.136. The van der Waals surface area contributed by atoms with E-state index in [1.54, 1.807) is 11.3 Å². The third-order valence-electron chi connectivity index (χ3n) is 2.80. The molecule has 3 nitrogen and oxygen atoms in total. The fourth-order valence-corrected chi connectivity index (χ4v) is 3.56. The van der Waals surface area contributed by atoms with E-state index in [2.05, 4.69) is 24.2 Å². The summed E-state index contributed by atoms with van der Waals surface area (Å²) in [4.78, 5) is 17.2. The van der Waals surface area contributed by atoms with Crippen molar-refractivity contribution in [3.05, 3.63) is 27.4 Å². The summed E-state index contributed by atoms with van der Waals surface area (Å²) in [6.07, 6.45) is 1.18. The maximum absolute atomic E-state index is 10.6. The summed E-state index contributed by atoms with van der Waals surface area (Å²) < 4.78 is 0. The monoisotopic (exact) mass is 281 g/mol. The molecule has 0 aromatic carbocycles. The lowest BCUT2D eigenvalue weighted by Crippen LogP contribution is -1.96. The Bertz CT molecular complexity index is 545. The molecular formula is C13H15NO2S2. The maximum atomic E-state index is 10.6. The summed E-state index contributed by atoms with van der Waals surface area (Å²) in [5, 5.41) is 12.0. The number of aliphatic carboxylic acids is 1. The molecule has 0 bridgehead atoms. The van der Waals surface area contributed by atoms with Gasteiger partial charge in [0.15, 0.2) is 0 Å². The van der Waals surface area contributed by atoms with Crippen LogP contribution in [-0.4, -0.2) is 16.1 Å². The van der Waals surface area contributed by atoms with Crippen LogP contribution in [0, 0.1) is 0 Å². The number of hydrogen-bond donors (Lipinski definition) is 1.